The highest BCUT2D eigenvalue weighted by molar-refractivity contribution is 14.1. The number of aryl methyl sites for hydroxylation is 1. The monoisotopic (exact) mass is 659 g/mol. The molecule has 0 spiro atoms. The van der Waals surface area contributed by atoms with E-state index >= 15 is 0 Å². The predicted octanol–water partition coefficient (Wildman–Crippen LogP) is 4.50. The van der Waals surface area contributed by atoms with Gasteiger partial charge in [-0.15, -0.1) is 11.3 Å². The minimum atomic E-state index is -4.12. The van der Waals surface area contributed by atoms with Crippen LogP contribution in [-0.2, 0) is 21.5 Å². The molecule has 0 aliphatic carbocycles. The van der Waals surface area contributed by atoms with E-state index in [-0.39, 0.29) is 13.1 Å². The molecule has 0 fully saturated rings. The molecule has 3 aromatic rings. The van der Waals surface area contributed by atoms with Crippen LogP contribution < -0.4 is 9.47 Å². The van der Waals surface area contributed by atoms with Gasteiger partial charge in [-0.2, -0.15) is 13.0 Å². The van der Waals surface area contributed by atoms with E-state index in [1.54, 1.807) is 16.2 Å². The summed E-state index contributed by atoms with van der Waals surface area (Å²) in [6.07, 6.45) is 1.88. The van der Waals surface area contributed by atoms with E-state index in [4.69, 9.17) is 0 Å². The third-order valence-corrected chi connectivity index (χ3v) is 9.63. The standard InChI is InChI=1S/C17H12BrIN2O5S4/c18-9-1-2-12-10(5-9)21(8-16(22)23)15(27-12)7-14-20(3-4-30(24,25)26)11-6-13(19)28-17(11)29-14/h1-2,5-7H,3-4,8H2,(H-,22,23,24,25,26)/p+1. The van der Waals surface area contributed by atoms with Gasteiger partial charge in [-0.3, -0.25) is 9.35 Å². The van der Waals surface area contributed by atoms with Crippen molar-refractivity contribution in [2.45, 2.75) is 11.4 Å². The Morgan fingerprint density at radius 3 is 2.77 bits per heavy atom. The van der Waals surface area contributed by atoms with E-state index < -0.39 is 21.8 Å². The molecule has 2 N–H and O–H groups in total. The number of thiazole rings is 1. The number of aromatic nitrogens is 1. The number of benzene rings is 1. The molecule has 0 radical (unpaired) electrons. The summed E-state index contributed by atoms with van der Waals surface area (Å²) >= 11 is 10.2. The van der Waals surface area contributed by atoms with Crippen LogP contribution in [0, 0.1) is 2.88 Å². The SMILES string of the molecule is O=C(O)CN1C(=Cc2sc3sc(I)cc3[n+]2CCS(=O)(=O)O)Sc2ccc(Br)cc21. The zero-order valence-corrected chi connectivity index (χ0v) is 21.9. The largest absolute Gasteiger partial charge is 0.480 e. The second kappa shape index (κ2) is 8.67. The number of thiophene rings is 1. The lowest BCUT2D eigenvalue weighted by Crippen LogP contribution is -2.38. The van der Waals surface area contributed by atoms with E-state index in [0.717, 1.165) is 37.5 Å². The molecule has 0 atom stereocenters. The van der Waals surface area contributed by atoms with Crippen molar-refractivity contribution in [2.24, 2.45) is 0 Å². The quantitative estimate of drug-likeness (QED) is 0.228. The molecule has 7 nitrogen and oxygen atoms in total. The minimum absolute atomic E-state index is 0.104. The van der Waals surface area contributed by atoms with Crippen LogP contribution in [0.25, 0.3) is 15.6 Å². The molecule has 158 valence electrons. The summed E-state index contributed by atoms with van der Waals surface area (Å²) in [5, 5.41) is 10.9. The number of carbonyl (C=O) groups is 1. The fourth-order valence-corrected chi connectivity index (χ4v) is 8.56. The highest BCUT2D eigenvalue weighted by Crippen LogP contribution is 2.47. The van der Waals surface area contributed by atoms with Gasteiger partial charge in [0.25, 0.3) is 15.1 Å². The van der Waals surface area contributed by atoms with Crippen LogP contribution in [-0.4, -0.2) is 36.3 Å². The van der Waals surface area contributed by atoms with Crippen molar-refractivity contribution >= 4 is 110 Å². The number of anilines is 1. The number of fused-ring (bicyclic) bond motifs is 2. The Morgan fingerprint density at radius 2 is 2.07 bits per heavy atom. The second-order valence-corrected chi connectivity index (χ2v) is 14.1. The number of hydrogen-bond acceptors (Lipinski definition) is 7. The normalized spacial score (nSPS) is 15.3. The van der Waals surface area contributed by atoms with Gasteiger partial charge in [0, 0.05) is 15.4 Å². The highest BCUT2D eigenvalue weighted by Gasteiger charge is 2.30. The molecular weight excluding hydrogens is 647 g/mol. The van der Waals surface area contributed by atoms with Crippen LogP contribution in [0.15, 0.2) is 38.7 Å². The molecule has 0 saturated heterocycles. The first-order chi connectivity index (χ1) is 14.1. The lowest BCUT2D eigenvalue weighted by molar-refractivity contribution is -0.664. The number of carboxylic acids is 1. The summed E-state index contributed by atoms with van der Waals surface area (Å²) in [5.74, 6) is -1.35. The Bertz CT molecular complexity index is 1300. The molecule has 1 aliphatic rings. The lowest BCUT2D eigenvalue weighted by Gasteiger charge is -2.17. The second-order valence-electron chi connectivity index (χ2n) is 6.28. The van der Waals surface area contributed by atoms with Crippen LogP contribution in [0.3, 0.4) is 0 Å². The number of nitrogens with zero attached hydrogens (tertiary/aromatic N) is 2. The average Bonchev–Trinajstić information content (AvgIpc) is 3.24. The molecule has 13 heteroatoms. The van der Waals surface area contributed by atoms with Crippen molar-refractivity contribution in [3.05, 3.63) is 41.7 Å². The van der Waals surface area contributed by atoms with Gasteiger partial charge in [0.2, 0.25) is 5.52 Å². The van der Waals surface area contributed by atoms with Gasteiger partial charge in [-0.1, -0.05) is 39.0 Å². The number of thioether (sulfide) groups is 1. The first kappa shape index (κ1) is 22.5. The van der Waals surface area contributed by atoms with Crippen molar-refractivity contribution in [3.63, 3.8) is 0 Å². The van der Waals surface area contributed by atoms with Crippen LogP contribution in [0.2, 0.25) is 0 Å². The third kappa shape index (κ3) is 4.86. The van der Waals surface area contributed by atoms with Crippen molar-refractivity contribution < 1.29 is 27.4 Å². The van der Waals surface area contributed by atoms with Gasteiger partial charge in [0.1, 0.15) is 12.3 Å². The number of halogens is 2. The molecule has 0 saturated carbocycles. The topological polar surface area (TPSA) is 98.8 Å². The molecule has 3 heterocycles. The number of carboxylic acid groups (broad SMARTS) is 1. The Morgan fingerprint density at radius 1 is 1.30 bits per heavy atom. The summed E-state index contributed by atoms with van der Waals surface area (Å²) in [6.45, 7) is -0.0855. The van der Waals surface area contributed by atoms with E-state index in [9.17, 15) is 22.9 Å². The number of hydrogen-bond donors (Lipinski definition) is 2. The maximum absolute atomic E-state index is 11.5. The zero-order chi connectivity index (χ0) is 21.6. The van der Waals surface area contributed by atoms with Crippen molar-refractivity contribution in [2.75, 3.05) is 17.2 Å². The highest BCUT2D eigenvalue weighted by atomic mass is 127. The van der Waals surface area contributed by atoms with Gasteiger partial charge in [0.05, 0.1) is 19.7 Å². The Hall–Kier alpha value is -0.710. The number of aliphatic carboxylic acids is 1. The van der Waals surface area contributed by atoms with Crippen LogP contribution in [0.5, 0.6) is 0 Å². The molecule has 0 bridgehead atoms. The maximum Gasteiger partial charge on any atom is 0.323 e. The molecule has 1 aromatic carbocycles. The Kier molecular flexibility index (Phi) is 6.50. The van der Waals surface area contributed by atoms with Gasteiger partial charge < -0.3 is 10.0 Å². The fraction of sp³-hybridized carbons (Fsp3) is 0.176. The molecule has 0 unspecified atom stereocenters. The van der Waals surface area contributed by atoms with E-state index in [2.05, 4.69) is 38.5 Å². The summed E-state index contributed by atoms with van der Waals surface area (Å²) in [5.41, 5.74) is 1.71. The van der Waals surface area contributed by atoms with E-state index in [1.165, 1.54) is 23.1 Å². The third-order valence-electron chi connectivity index (χ3n) is 4.21. The molecular formula is C17H13BrIN2O5S4+. The number of rotatable bonds is 6. The van der Waals surface area contributed by atoms with Gasteiger partial charge in [0.15, 0.2) is 10.6 Å². The predicted molar refractivity (Wildman–Crippen MR) is 132 cm³/mol. The molecule has 0 amide bonds. The average molecular weight is 660 g/mol. The van der Waals surface area contributed by atoms with Crippen molar-refractivity contribution in [1.29, 1.82) is 0 Å². The van der Waals surface area contributed by atoms with Crippen molar-refractivity contribution in [3.8, 4) is 0 Å². The van der Waals surface area contributed by atoms with Gasteiger partial charge in [-0.05, 0) is 40.8 Å². The summed E-state index contributed by atoms with van der Waals surface area (Å²) < 4.78 is 36.7. The zero-order valence-electron chi connectivity index (χ0n) is 14.9. The van der Waals surface area contributed by atoms with E-state index in [0.29, 0.717) is 0 Å². The van der Waals surface area contributed by atoms with Gasteiger partial charge in [-0.25, -0.2) is 0 Å². The van der Waals surface area contributed by atoms with Crippen LogP contribution in [0.4, 0.5) is 5.69 Å². The summed E-state index contributed by atoms with van der Waals surface area (Å²) in [4.78, 5) is 14.2. The summed E-state index contributed by atoms with van der Waals surface area (Å²) in [7, 11) is -4.12. The molecule has 2 aromatic heterocycles. The smallest absolute Gasteiger partial charge is 0.323 e. The fourth-order valence-electron chi connectivity index (χ4n) is 3.00. The summed E-state index contributed by atoms with van der Waals surface area (Å²) in [6, 6.07) is 7.70. The minimum Gasteiger partial charge on any atom is -0.480 e. The first-order valence-electron chi connectivity index (χ1n) is 8.36. The van der Waals surface area contributed by atoms with E-state index in [1.807, 2.05) is 34.9 Å². The van der Waals surface area contributed by atoms with Crippen LogP contribution in [0.1, 0.15) is 5.01 Å². The molecule has 4 rings (SSSR count). The lowest BCUT2D eigenvalue weighted by atomic mass is 10.3. The van der Waals surface area contributed by atoms with Gasteiger partial charge >= 0.3 is 5.97 Å². The Balaban J connectivity index is 1.79. The first-order valence-corrected chi connectivity index (χ1v) is 14.3. The maximum atomic E-state index is 11.5. The van der Waals surface area contributed by atoms with Crippen molar-refractivity contribution in [1.82, 2.24) is 0 Å². The van der Waals surface area contributed by atoms with Crippen LogP contribution >= 0.6 is 73.0 Å². The molecule has 30 heavy (non-hydrogen) atoms. The molecule has 1 aliphatic heterocycles. The Labute approximate surface area is 206 Å².